The van der Waals surface area contributed by atoms with Crippen LogP contribution in [0.1, 0.15) is 10.4 Å². The molecule has 0 aliphatic carbocycles. The zero-order chi connectivity index (χ0) is 20.4. The van der Waals surface area contributed by atoms with Crippen molar-refractivity contribution in [2.75, 3.05) is 19.5 Å². The fraction of sp³-hybridized carbons (Fsp3) is 0.130. The van der Waals surface area contributed by atoms with Crippen molar-refractivity contribution in [1.82, 2.24) is 9.55 Å². The van der Waals surface area contributed by atoms with Gasteiger partial charge in [-0.2, -0.15) is 0 Å². The molecule has 0 aliphatic rings. The average molecular weight is 387 g/mol. The summed E-state index contributed by atoms with van der Waals surface area (Å²) in [4.78, 5) is 17.7. The molecule has 4 aromatic rings. The molecule has 0 bridgehead atoms. The van der Waals surface area contributed by atoms with Gasteiger partial charge in [0, 0.05) is 18.7 Å². The van der Waals surface area contributed by atoms with Crippen molar-refractivity contribution in [1.29, 1.82) is 0 Å². The third-order valence-electron chi connectivity index (χ3n) is 4.86. The van der Waals surface area contributed by atoms with Gasteiger partial charge in [-0.3, -0.25) is 4.79 Å². The summed E-state index contributed by atoms with van der Waals surface area (Å²) in [6, 6.07) is 20.7. The summed E-state index contributed by atoms with van der Waals surface area (Å²) in [7, 11) is 5.07. The first-order valence-electron chi connectivity index (χ1n) is 9.16. The second-order valence-electron chi connectivity index (χ2n) is 6.55. The van der Waals surface area contributed by atoms with E-state index in [4.69, 9.17) is 14.5 Å². The van der Waals surface area contributed by atoms with Crippen molar-refractivity contribution in [2.24, 2.45) is 7.05 Å². The Labute approximate surface area is 168 Å². The molecular weight excluding hydrogens is 366 g/mol. The van der Waals surface area contributed by atoms with Crippen molar-refractivity contribution < 1.29 is 14.3 Å². The number of aryl methyl sites for hydroxylation is 1. The molecule has 1 aromatic heterocycles. The SMILES string of the molecule is COc1ccc(C(=O)Nc2ccccc2-c2nc3ccccc3n2C)c(OC)c1. The maximum absolute atomic E-state index is 13.0. The third kappa shape index (κ3) is 3.40. The minimum Gasteiger partial charge on any atom is -0.497 e. The van der Waals surface area contributed by atoms with Gasteiger partial charge in [0.25, 0.3) is 5.91 Å². The van der Waals surface area contributed by atoms with E-state index in [1.54, 1.807) is 25.3 Å². The molecule has 6 nitrogen and oxygen atoms in total. The molecule has 4 rings (SSSR count). The van der Waals surface area contributed by atoms with Crippen molar-refractivity contribution in [3.05, 3.63) is 72.3 Å². The summed E-state index contributed by atoms with van der Waals surface area (Å²) in [5.41, 5.74) is 3.87. The van der Waals surface area contributed by atoms with E-state index in [1.807, 2.05) is 60.1 Å². The van der Waals surface area contributed by atoms with Crippen LogP contribution in [0, 0.1) is 0 Å². The molecule has 0 atom stereocenters. The summed E-state index contributed by atoms with van der Waals surface area (Å²) in [6.45, 7) is 0. The number of nitrogens with zero attached hydrogens (tertiary/aromatic N) is 2. The van der Waals surface area contributed by atoms with Crippen LogP contribution in [0.25, 0.3) is 22.4 Å². The average Bonchev–Trinajstić information content (AvgIpc) is 3.10. The molecule has 0 saturated carbocycles. The van der Waals surface area contributed by atoms with Crippen LogP contribution in [-0.4, -0.2) is 29.7 Å². The van der Waals surface area contributed by atoms with Gasteiger partial charge in [0.05, 0.1) is 36.5 Å². The van der Waals surface area contributed by atoms with Crippen LogP contribution in [0.2, 0.25) is 0 Å². The smallest absolute Gasteiger partial charge is 0.259 e. The first-order valence-corrected chi connectivity index (χ1v) is 9.16. The van der Waals surface area contributed by atoms with E-state index in [-0.39, 0.29) is 5.91 Å². The maximum Gasteiger partial charge on any atom is 0.259 e. The van der Waals surface area contributed by atoms with Gasteiger partial charge in [-0.05, 0) is 36.4 Å². The Balaban J connectivity index is 1.72. The summed E-state index contributed by atoms with van der Waals surface area (Å²) in [6.07, 6.45) is 0. The van der Waals surface area contributed by atoms with Gasteiger partial charge in [0.15, 0.2) is 0 Å². The Morgan fingerprint density at radius 1 is 0.966 bits per heavy atom. The van der Waals surface area contributed by atoms with Crippen LogP contribution < -0.4 is 14.8 Å². The van der Waals surface area contributed by atoms with Crippen LogP contribution in [0.4, 0.5) is 5.69 Å². The predicted octanol–water partition coefficient (Wildman–Crippen LogP) is 4.51. The highest BCUT2D eigenvalue weighted by molar-refractivity contribution is 6.08. The van der Waals surface area contributed by atoms with E-state index in [1.165, 1.54) is 7.11 Å². The minimum absolute atomic E-state index is 0.268. The maximum atomic E-state index is 13.0. The molecule has 0 aliphatic heterocycles. The number of hydrogen-bond acceptors (Lipinski definition) is 4. The predicted molar refractivity (Wildman–Crippen MR) is 114 cm³/mol. The second-order valence-corrected chi connectivity index (χ2v) is 6.55. The molecule has 6 heteroatoms. The number of methoxy groups -OCH3 is 2. The molecule has 3 aromatic carbocycles. The number of para-hydroxylation sites is 3. The molecule has 1 N–H and O–H groups in total. The van der Waals surface area contributed by atoms with Crippen LogP contribution in [0.5, 0.6) is 11.5 Å². The molecule has 0 unspecified atom stereocenters. The van der Waals surface area contributed by atoms with Crippen molar-refractivity contribution in [3.8, 4) is 22.9 Å². The second kappa shape index (κ2) is 7.67. The van der Waals surface area contributed by atoms with E-state index in [0.717, 1.165) is 22.4 Å². The first-order chi connectivity index (χ1) is 14.1. The number of ether oxygens (including phenoxy) is 2. The summed E-state index contributed by atoms with van der Waals surface area (Å²) >= 11 is 0. The number of carbonyl (C=O) groups excluding carboxylic acids is 1. The van der Waals surface area contributed by atoms with Gasteiger partial charge in [-0.25, -0.2) is 4.98 Å². The molecule has 1 amide bonds. The Morgan fingerprint density at radius 3 is 2.48 bits per heavy atom. The van der Waals surface area contributed by atoms with Crippen LogP contribution in [-0.2, 0) is 7.05 Å². The molecule has 29 heavy (non-hydrogen) atoms. The van der Waals surface area contributed by atoms with E-state index in [0.29, 0.717) is 22.7 Å². The number of nitrogens with one attached hydrogen (secondary N) is 1. The number of aromatic nitrogens is 2. The van der Waals surface area contributed by atoms with Gasteiger partial charge in [-0.1, -0.05) is 24.3 Å². The van der Waals surface area contributed by atoms with Crippen LogP contribution >= 0.6 is 0 Å². The Hall–Kier alpha value is -3.80. The molecule has 0 radical (unpaired) electrons. The van der Waals surface area contributed by atoms with Crippen LogP contribution in [0.3, 0.4) is 0 Å². The molecule has 0 saturated heterocycles. The first kappa shape index (κ1) is 18.6. The third-order valence-corrected chi connectivity index (χ3v) is 4.86. The van der Waals surface area contributed by atoms with Crippen molar-refractivity contribution in [3.63, 3.8) is 0 Å². The lowest BCUT2D eigenvalue weighted by Crippen LogP contribution is -2.14. The van der Waals surface area contributed by atoms with Gasteiger partial charge in [-0.15, -0.1) is 0 Å². The highest BCUT2D eigenvalue weighted by Gasteiger charge is 2.17. The standard InChI is InChI=1S/C23H21N3O3/c1-26-20-11-7-6-10-19(20)24-22(26)16-8-4-5-9-18(16)25-23(27)17-13-12-15(28-2)14-21(17)29-3/h4-14H,1-3H3,(H,25,27). The number of imidazole rings is 1. The topological polar surface area (TPSA) is 65.4 Å². The zero-order valence-electron chi connectivity index (χ0n) is 16.5. The summed E-state index contributed by atoms with van der Waals surface area (Å²) in [5.74, 6) is 1.58. The molecule has 0 spiro atoms. The number of anilines is 1. The lowest BCUT2D eigenvalue weighted by atomic mass is 10.1. The molecule has 0 fully saturated rings. The lowest BCUT2D eigenvalue weighted by molar-refractivity contribution is 0.102. The van der Waals surface area contributed by atoms with E-state index < -0.39 is 0 Å². The van der Waals surface area contributed by atoms with E-state index in [9.17, 15) is 4.79 Å². The summed E-state index contributed by atoms with van der Waals surface area (Å²) < 4.78 is 12.6. The highest BCUT2D eigenvalue weighted by Crippen LogP contribution is 2.31. The molecular formula is C23H21N3O3. The number of hydrogen-bond donors (Lipinski definition) is 1. The quantitative estimate of drug-likeness (QED) is 0.547. The molecule has 1 heterocycles. The monoisotopic (exact) mass is 387 g/mol. The molecule has 146 valence electrons. The zero-order valence-corrected chi connectivity index (χ0v) is 16.5. The Kier molecular flexibility index (Phi) is 4.91. The van der Waals surface area contributed by atoms with E-state index >= 15 is 0 Å². The fourth-order valence-electron chi connectivity index (χ4n) is 3.35. The number of amides is 1. The number of rotatable bonds is 5. The van der Waals surface area contributed by atoms with Gasteiger partial charge in [0.1, 0.15) is 17.3 Å². The van der Waals surface area contributed by atoms with Gasteiger partial charge >= 0.3 is 0 Å². The van der Waals surface area contributed by atoms with Crippen molar-refractivity contribution in [2.45, 2.75) is 0 Å². The van der Waals surface area contributed by atoms with Crippen LogP contribution in [0.15, 0.2) is 66.7 Å². The Morgan fingerprint density at radius 2 is 1.72 bits per heavy atom. The summed E-state index contributed by atoms with van der Waals surface area (Å²) in [5, 5.41) is 3.00. The minimum atomic E-state index is -0.268. The van der Waals surface area contributed by atoms with Gasteiger partial charge in [0.2, 0.25) is 0 Å². The highest BCUT2D eigenvalue weighted by atomic mass is 16.5. The Bertz CT molecular complexity index is 1200. The largest absolute Gasteiger partial charge is 0.497 e. The normalized spacial score (nSPS) is 10.7. The van der Waals surface area contributed by atoms with Crippen molar-refractivity contribution >= 4 is 22.6 Å². The number of fused-ring (bicyclic) bond motifs is 1. The number of carbonyl (C=O) groups is 1. The fourth-order valence-corrected chi connectivity index (χ4v) is 3.35. The lowest BCUT2D eigenvalue weighted by Gasteiger charge is -2.13. The van der Waals surface area contributed by atoms with Gasteiger partial charge < -0.3 is 19.4 Å². The van der Waals surface area contributed by atoms with E-state index in [2.05, 4.69) is 5.32 Å². The number of benzene rings is 3.